The Balaban J connectivity index is 1.83. The van der Waals surface area contributed by atoms with Crippen LogP contribution in [0.25, 0.3) is 0 Å². The van der Waals surface area contributed by atoms with Crippen molar-refractivity contribution in [1.82, 2.24) is 4.90 Å². The lowest BCUT2D eigenvalue weighted by Gasteiger charge is -2.24. The SMILES string of the molecule is C=CCc1cccc(C(C)C)c1NC(=O)N1C[C@@H]2CCC[C@@]2(C(=O)O)C1. The Morgan fingerprint density at radius 1 is 1.46 bits per heavy atom. The van der Waals surface area contributed by atoms with Crippen LogP contribution in [0.2, 0.25) is 0 Å². The van der Waals surface area contributed by atoms with Gasteiger partial charge in [-0.15, -0.1) is 6.58 Å². The number of carboxylic acid groups (broad SMARTS) is 1. The van der Waals surface area contributed by atoms with Crippen LogP contribution in [0, 0.1) is 11.3 Å². The van der Waals surface area contributed by atoms with Gasteiger partial charge in [0.15, 0.2) is 0 Å². The van der Waals surface area contributed by atoms with Crippen molar-refractivity contribution in [2.75, 3.05) is 18.4 Å². The highest BCUT2D eigenvalue weighted by Gasteiger charge is 2.55. The number of rotatable bonds is 5. The Labute approximate surface area is 155 Å². The van der Waals surface area contributed by atoms with E-state index in [1.165, 1.54) is 0 Å². The number of aliphatic carboxylic acids is 1. The monoisotopic (exact) mass is 356 g/mol. The highest BCUT2D eigenvalue weighted by Crippen LogP contribution is 2.49. The van der Waals surface area contributed by atoms with Crippen molar-refractivity contribution in [3.05, 3.63) is 42.0 Å². The van der Waals surface area contributed by atoms with E-state index in [1.807, 2.05) is 24.3 Å². The molecule has 0 spiro atoms. The van der Waals surface area contributed by atoms with Crippen molar-refractivity contribution in [2.24, 2.45) is 11.3 Å². The molecule has 2 amide bonds. The lowest BCUT2D eigenvalue weighted by Crippen LogP contribution is -2.39. The quantitative estimate of drug-likeness (QED) is 0.775. The first-order valence-corrected chi connectivity index (χ1v) is 9.41. The summed E-state index contributed by atoms with van der Waals surface area (Å²) in [5.74, 6) is -0.414. The predicted molar refractivity (Wildman–Crippen MR) is 102 cm³/mol. The molecule has 1 aromatic rings. The molecule has 2 atom stereocenters. The van der Waals surface area contributed by atoms with Gasteiger partial charge in [-0.05, 0) is 42.2 Å². The molecule has 2 aliphatic rings. The van der Waals surface area contributed by atoms with E-state index in [4.69, 9.17) is 0 Å². The molecule has 1 saturated heterocycles. The van der Waals surface area contributed by atoms with E-state index in [0.717, 1.165) is 29.7 Å². The van der Waals surface area contributed by atoms with E-state index < -0.39 is 11.4 Å². The number of hydrogen-bond acceptors (Lipinski definition) is 2. The number of carboxylic acids is 1. The maximum atomic E-state index is 12.9. The minimum Gasteiger partial charge on any atom is -0.481 e. The minimum atomic E-state index is -0.759. The van der Waals surface area contributed by atoms with Crippen molar-refractivity contribution in [3.63, 3.8) is 0 Å². The fourth-order valence-electron chi connectivity index (χ4n) is 4.56. The van der Waals surface area contributed by atoms with Gasteiger partial charge in [-0.1, -0.05) is 44.5 Å². The topological polar surface area (TPSA) is 69.6 Å². The molecule has 0 radical (unpaired) electrons. The molecule has 1 aliphatic heterocycles. The van der Waals surface area contributed by atoms with Crippen LogP contribution in [-0.4, -0.2) is 35.1 Å². The molecule has 2 fully saturated rings. The third-order valence-corrected chi connectivity index (χ3v) is 5.99. The molecule has 140 valence electrons. The number of carbonyl (C=O) groups excluding carboxylic acids is 1. The summed E-state index contributed by atoms with van der Waals surface area (Å²) in [4.78, 5) is 26.5. The summed E-state index contributed by atoms with van der Waals surface area (Å²) < 4.78 is 0. The smallest absolute Gasteiger partial charge is 0.321 e. The molecular weight excluding hydrogens is 328 g/mol. The molecule has 1 saturated carbocycles. The number of nitrogens with zero attached hydrogens (tertiary/aromatic N) is 1. The van der Waals surface area contributed by atoms with Gasteiger partial charge in [0.2, 0.25) is 0 Å². The zero-order valence-corrected chi connectivity index (χ0v) is 15.6. The summed E-state index contributed by atoms with van der Waals surface area (Å²) in [5, 5.41) is 12.8. The van der Waals surface area contributed by atoms with Crippen molar-refractivity contribution in [1.29, 1.82) is 0 Å². The third-order valence-electron chi connectivity index (χ3n) is 5.99. The van der Waals surface area contributed by atoms with Gasteiger partial charge < -0.3 is 15.3 Å². The molecule has 0 bridgehead atoms. The number of anilines is 1. The van der Waals surface area contributed by atoms with E-state index >= 15 is 0 Å². The lowest BCUT2D eigenvalue weighted by molar-refractivity contribution is -0.149. The number of urea groups is 1. The Morgan fingerprint density at radius 2 is 2.23 bits per heavy atom. The number of amides is 2. The average molecular weight is 356 g/mol. The van der Waals surface area contributed by atoms with Crippen molar-refractivity contribution >= 4 is 17.7 Å². The number of benzene rings is 1. The molecule has 2 N–H and O–H groups in total. The highest BCUT2D eigenvalue weighted by molar-refractivity contribution is 5.92. The van der Waals surface area contributed by atoms with E-state index in [0.29, 0.717) is 25.9 Å². The number of likely N-dealkylation sites (tertiary alicyclic amines) is 1. The summed E-state index contributed by atoms with van der Waals surface area (Å²) in [5.41, 5.74) is 2.21. The molecule has 3 rings (SSSR count). The second-order valence-electron chi connectivity index (χ2n) is 7.89. The summed E-state index contributed by atoms with van der Waals surface area (Å²) >= 11 is 0. The lowest BCUT2D eigenvalue weighted by atomic mass is 9.81. The number of para-hydroxylation sites is 1. The molecule has 5 nitrogen and oxygen atoms in total. The summed E-state index contributed by atoms with van der Waals surface area (Å²) in [6, 6.07) is 5.84. The number of fused-ring (bicyclic) bond motifs is 1. The Bertz CT molecular complexity index is 728. The molecule has 0 unspecified atom stereocenters. The zero-order chi connectivity index (χ0) is 18.9. The first-order valence-electron chi connectivity index (χ1n) is 9.41. The molecule has 1 aromatic carbocycles. The third kappa shape index (κ3) is 3.11. The van der Waals surface area contributed by atoms with Gasteiger partial charge >= 0.3 is 12.0 Å². The van der Waals surface area contributed by atoms with Crippen molar-refractivity contribution in [2.45, 2.75) is 45.4 Å². The second-order valence-corrected chi connectivity index (χ2v) is 7.89. The van der Waals surface area contributed by atoms with E-state index in [2.05, 4.69) is 25.7 Å². The van der Waals surface area contributed by atoms with Gasteiger partial charge in [0.25, 0.3) is 0 Å². The van der Waals surface area contributed by atoms with Crippen LogP contribution >= 0.6 is 0 Å². The van der Waals surface area contributed by atoms with E-state index in [9.17, 15) is 14.7 Å². The molecular formula is C21H28N2O3. The summed E-state index contributed by atoms with van der Waals surface area (Å²) in [7, 11) is 0. The second kappa shape index (κ2) is 7.14. The first kappa shape index (κ1) is 18.5. The molecule has 1 aliphatic carbocycles. The maximum absolute atomic E-state index is 12.9. The van der Waals surface area contributed by atoms with Crippen molar-refractivity contribution < 1.29 is 14.7 Å². The summed E-state index contributed by atoms with van der Waals surface area (Å²) in [6.45, 7) is 8.84. The van der Waals surface area contributed by atoms with Gasteiger partial charge in [0.1, 0.15) is 0 Å². The number of nitrogens with one attached hydrogen (secondary N) is 1. The minimum absolute atomic E-state index is 0.0683. The normalized spacial score (nSPS) is 24.6. The van der Waals surface area contributed by atoms with Crippen LogP contribution in [0.4, 0.5) is 10.5 Å². The van der Waals surface area contributed by atoms with Crippen LogP contribution < -0.4 is 5.32 Å². The van der Waals surface area contributed by atoms with Crippen LogP contribution in [0.15, 0.2) is 30.9 Å². The van der Waals surface area contributed by atoms with Crippen LogP contribution in [0.5, 0.6) is 0 Å². The maximum Gasteiger partial charge on any atom is 0.321 e. The van der Waals surface area contributed by atoms with Gasteiger partial charge in [-0.2, -0.15) is 0 Å². The molecule has 5 heteroatoms. The largest absolute Gasteiger partial charge is 0.481 e. The Kier molecular flexibility index (Phi) is 5.08. The van der Waals surface area contributed by atoms with E-state index in [1.54, 1.807) is 4.90 Å². The van der Waals surface area contributed by atoms with Crippen LogP contribution in [0.1, 0.15) is 50.2 Å². The first-order chi connectivity index (χ1) is 12.4. The standard InChI is InChI=1S/C21H28N2O3/c1-4-7-15-8-5-10-17(14(2)3)18(15)22-20(26)23-12-16-9-6-11-21(16,13-23)19(24)25/h4-5,8,10,14,16H,1,6-7,9,11-13H2,2-3H3,(H,22,26)(H,24,25)/t16-,21+/m0/s1. The van der Waals surface area contributed by atoms with Gasteiger partial charge in [0.05, 0.1) is 5.41 Å². The highest BCUT2D eigenvalue weighted by atomic mass is 16.4. The molecule has 0 aromatic heterocycles. The van der Waals surface area contributed by atoms with E-state index in [-0.39, 0.29) is 17.9 Å². The molecule has 26 heavy (non-hydrogen) atoms. The fourth-order valence-corrected chi connectivity index (χ4v) is 4.56. The predicted octanol–water partition coefficient (Wildman–Crippen LogP) is 4.26. The van der Waals surface area contributed by atoms with Gasteiger partial charge in [-0.25, -0.2) is 4.79 Å². The fraction of sp³-hybridized carbons (Fsp3) is 0.524. The zero-order valence-electron chi connectivity index (χ0n) is 15.6. The summed E-state index contributed by atoms with van der Waals surface area (Å²) in [6.07, 6.45) is 5.00. The Morgan fingerprint density at radius 3 is 2.85 bits per heavy atom. The number of hydrogen-bond donors (Lipinski definition) is 2. The van der Waals surface area contributed by atoms with Crippen LogP contribution in [-0.2, 0) is 11.2 Å². The Hall–Kier alpha value is -2.30. The number of carbonyl (C=O) groups is 2. The number of allylic oxidation sites excluding steroid dienone is 1. The molecule has 1 heterocycles. The van der Waals surface area contributed by atoms with Crippen LogP contribution in [0.3, 0.4) is 0 Å². The average Bonchev–Trinajstić information content (AvgIpc) is 3.14. The van der Waals surface area contributed by atoms with Gasteiger partial charge in [-0.3, -0.25) is 4.79 Å². The van der Waals surface area contributed by atoms with Crippen molar-refractivity contribution in [3.8, 4) is 0 Å². The van der Waals surface area contributed by atoms with Gasteiger partial charge in [0, 0.05) is 18.8 Å².